The molecule has 3 aromatic heterocycles. The molecule has 0 bridgehead atoms. The van der Waals surface area contributed by atoms with Crippen molar-refractivity contribution in [1.29, 1.82) is 0 Å². The van der Waals surface area contributed by atoms with Crippen LogP contribution in [-0.4, -0.2) is 19.6 Å². The molecule has 6 heteroatoms. The van der Waals surface area contributed by atoms with Crippen molar-refractivity contribution in [3.05, 3.63) is 21.5 Å². The van der Waals surface area contributed by atoms with Crippen molar-refractivity contribution in [2.75, 3.05) is 0 Å². The standard InChI is InChI=1S/C11H10N4S2/c16-11-14-10-8(9-12-5-13-15(9)11)6-3-1-2-4-7(6)17-10/h5H,1-4H2,(H,12,13). The highest BCUT2D eigenvalue weighted by molar-refractivity contribution is 7.71. The third kappa shape index (κ3) is 1.25. The number of aromatic amines is 1. The quantitative estimate of drug-likeness (QED) is 0.634. The summed E-state index contributed by atoms with van der Waals surface area (Å²) in [6.45, 7) is 0. The Labute approximate surface area is 106 Å². The average molecular weight is 262 g/mol. The molecule has 0 saturated heterocycles. The van der Waals surface area contributed by atoms with Gasteiger partial charge < -0.3 is 0 Å². The van der Waals surface area contributed by atoms with Crippen molar-refractivity contribution >= 4 is 39.4 Å². The summed E-state index contributed by atoms with van der Waals surface area (Å²) in [4.78, 5) is 11.4. The van der Waals surface area contributed by atoms with Crippen LogP contribution >= 0.6 is 23.6 Å². The predicted octanol–water partition coefficient (Wildman–Crippen LogP) is 2.88. The number of H-pyrrole nitrogens is 1. The van der Waals surface area contributed by atoms with Gasteiger partial charge in [0.1, 0.15) is 11.2 Å². The van der Waals surface area contributed by atoms with Crippen LogP contribution in [0.1, 0.15) is 23.3 Å². The Balaban J connectivity index is 2.27. The van der Waals surface area contributed by atoms with Crippen LogP contribution in [0.4, 0.5) is 0 Å². The molecule has 0 aliphatic heterocycles. The van der Waals surface area contributed by atoms with E-state index in [0.717, 1.165) is 16.9 Å². The first-order valence-corrected chi connectivity index (χ1v) is 6.93. The van der Waals surface area contributed by atoms with E-state index >= 15 is 0 Å². The van der Waals surface area contributed by atoms with E-state index in [1.165, 1.54) is 35.1 Å². The van der Waals surface area contributed by atoms with Gasteiger partial charge >= 0.3 is 0 Å². The van der Waals surface area contributed by atoms with Gasteiger partial charge in [0.25, 0.3) is 0 Å². The zero-order valence-corrected chi connectivity index (χ0v) is 10.7. The summed E-state index contributed by atoms with van der Waals surface area (Å²) in [7, 11) is 0. The minimum Gasteiger partial charge on any atom is -0.280 e. The van der Waals surface area contributed by atoms with E-state index in [2.05, 4.69) is 15.1 Å². The molecule has 0 aromatic carbocycles. The van der Waals surface area contributed by atoms with Gasteiger partial charge in [-0.3, -0.25) is 5.10 Å². The van der Waals surface area contributed by atoms with E-state index < -0.39 is 0 Å². The van der Waals surface area contributed by atoms with E-state index in [-0.39, 0.29) is 0 Å². The highest BCUT2D eigenvalue weighted by atomic mass is 32.1. The van der Waals surface area contributed by atoms with Crippen molar-refractivity contribution in [2.45, 2.75) is 25.7 Å². The smallest absolute Gasteiger partial charge is 0.222 e. The second-order valence-electron chi connectivity index (χ2n) is 4.33. The number of fused-ring (bicyclic) bond motifs is 5. The number of hydrogen-bond acceptors (Lipinski definition) is 4. The molecule has 0 saturated carbocycles. The van der Waals surface area contributed by atoms with Gasteiger partial charge in [-0.25, -0.2) is 14.5 Å². The highest BCUT2D eigenvalue weighted by Gasteiger charge is 2.19. The first-order chi connectivity index (χ1) is 8.34. The maximum absolute atomic E-state index is 5.26. The van der Waals surface area contributed by atoms with Gasteiger partial charge in [0, 0.05) is 4.88 Å². The average Bonchev–Trinajstić information content (AvgIpc) is 2.90. The molecule has 4 rings (SSSR count). The molecule has 1 N–H and O–H groups in total. The van der Waals surface area contributed by atoms with Gasteiger partial charge in [-0.2, -0.15) is 0 Å². The number of aromatic nitrogens is 4. The Morgan fingerprint density at radius 2 is 2.24 bits per heavy atom. The molecular formula is C11H10N4S2. The SMILES string of the molecule is S=c1nc2sc3c(c2c2nc[nH]n12)CCCC3. The molecule has 3 heterocycles. The minimum atomic E-state index is 0.559. The third-order valence-electron chi connectivity index (χ3n) is 3.35. The molecule has 0 radical (unpaired) electrons. The number of nitrogens with one attached hydrogen (secondary N) is 1. The fourth-order valence-electron chi connectivity index (χ4n) is 2.59. The second kappa shape index (κ2) is 3.36. The van der Waals surface area contributed by atoms with Crippen LogP contribution in [0.3, 0.4) is 0 Å². The van der Waals surface area contributed by atoms with Crippen LogP contribution in [0.2, 0.25) is 0 Å². The lowest BCUT2D eigenvalue weighted by Crippen LogP contribution is -1.99. The van der Waals surface area contributed by atoms with Gasteiger partial charge in [-0.15, -0.1) is 11.3 Å². The molecule has 0 unspecified atom stereocenters. The van der Waals surface area contributed by atoms with Crippen molar-refractivity contribution in [2.24, 2.45) is 0 Å². The summed E-state index contributed by atoms with van der Waals surface area (Å²) in [5.41, 5.74) is 2.38. The van der Waals surface area contributed by atoms with E-state index in [0.29, 0.717) is 4.77 Å². The molecule has 0 spiro atoms. The zero-order valence-electron chi connectivity index (χ0n) is 9.06. The third-order valence-corrected chi connectivity index (χ3v) is 4.81. The van der Waals surface area contributed by atoms with E-state index in [1.54, 1.807) is 22.2 Å². The molecule has 0 atom stereocenters. The van der Waals surface area contributed by atoms with Crippen LogP contribution in [0.5, 0.6) is 0 Å². The number of nitrogens with zero attached hydrogens (tertiary/aromatic N) is 3. The fraction of sp³-hybridized carbons (Fsp3) is 0.364. The molecule has 17 heavy (non-hydrogen) atoms. The largest absolute Gasteiger partial charge is 0.280 e. The monoisotopic (exact) mass is 262 g/mol. The van der Waals surface area contributed by atoms with E-state index in [9.17, 15) is 0 Å². The topological polar surface area (TPSA) is 46.0 Å². The number of aryl methyl sites for hydroxylation is 2. The number of thiophene rings is 1. The summed E-state index contributed by atoms with van der Waals surface area (Å²) in [5.74, 6) is 0. The summed E-state index contributed by atoms with van der Waals surface area (Å²) >= 11 is 7.05. The second-order valence-corrected chi connectivity index (χ2v) is 5.78. The predicted molar refractivity (Wildman–Crippen MR) is 70.2 cm³/mol. The Bertz CT molecular complexity index is 780. The summed E-state index contributed by atoms with van der Waals surface area (Å²) in [6.07, 6.45) is 6.57. The Hall–Kier alpha value is -1.27. The molecule has 86 valence electrons. The van der Waals surface area contributed by atoms with Crippen molar-refractivity contribution < 1.29 is 0 Å². The molecular weight excluding hydrogens is 252 g/mol. The van der Waals surface area contributed by atoms with Crippen LogP contribution < -0.4 is 0 Å². The molecule has 0 fully saturated rings. The van der Waals surface area contributed by atoms with Crippen LogP contribution in [0, 0.1) is 4.77 Å². The maximum atomic E-state index is 5.26. The summed E-state index contributed by atoms with van der Waals surface area (Å²) < 4.78 is 2.35. The Morgan fingerprint density at radius 3 is 3.18 bits per heavy atom. The van der Waals surface area contributed by atoms with Gasteiger partial charge in [0.05, 0.1) is 5.39 Å². The Morgan fingerprint density at radius 1 is 1.35 bits per heavy atom. The molecule has 3 aromatic rings. The van der Waals surface area contributed by atoms with Gasteiger partial charge in [0.2, 0.25) is 4.77 Å². The van der Waals surface area contributed by atoms with Crippen LogP contribution in [-0.2, 0) is 12.8 Å². The van der Waals surface area contributed by atoms with E-state index in [1.807, 2.05) is 0 Å². The van der Waals surface area contributed by atoms with Gasteiger partial charge in [-0.05, 0) is 43.5 Å². The molecule has 1 aliphatic rings. The molecule has 1 aliphatic carbocycles. The first kappa shape index (κ1) is 9.73. The lowest BCUT2D eigenvalue weighted by molar-refractivity contribution is 0.700. The van der Waals surface area contributed by atoms with Crippen LogP contribution in [0.15, 0.2) is 6.33 Å². The molecule has 0 amide bonds. The summed E-state index contributed by atoms with van der Waals surface area (Å²) in [5, 5.41) is 4.23. The Kier molecular flexibility index (Phi) is 1.93. The van der Waals surface area contributed by atoms with Crippen molar-refractivity contribution in [3.63, 3.8) is 0 Å². The van der Waals surface area contributed by atoms with Crippen LogP contribution in [0.25, 0.3) is 15.9 Å². The minimum absolute atomic E-state index is 0.559. The zero-order chi connectivity index (χ0) is 11.4. The lowest BCUT2D eigenvalue weighted by Gasteiger charge is -2.10. The number of rotatable bonds is 0. The molecule has 4 nitrogen and oxygen atoms in total. The first-order valence-electron chi connectivity index (χ1n) is 5.71. The summed E-state index contributed by atoms with van der Waals surface area (Å²) in [6, 6.07) is 0. The number of hydrogen-bond donors (Lipinski definition) is 1. The maximum Gasteiger partial charge on any atom is 0.222 e. The van der Waals surface area contributed by atoms with Gasteiger partial charge in [0.15, 0.2) is 5.65 Å². The fourth-order valence-corrected chi connectivity index (χ4v) is 4.13. The lowest BCUT2D eigenvalue weighted by atomic mass is 9.97. The van der Waals surface area contributed by atoms with Crippen molar-refractivity contribution in [3.8, 4) is 0 Å². The van der Waals surface area contributed by atoms with Crippen molar-refractivity contribution in [1.82, 2.24) is 19.6 Å². The van der Waals surface area contributed by atoms with Gasteiger partial charge in [-0.1, -0.05) is 0 Å². The highest BCUT2D eigenvalue weighted by Crippen LogP contribution is 2.36. The van der Waals surface area contributed by atoms with E-state index in [4.69, 9.17) is 12.2 Å². The normalized spacial score (nSPS) is 15.5.